The molecule has 1 unspecified atom stereocenters. The normalized spacial score (nSPS) is 22.4. The van der Waals surface area contributed by atoms with E-state index in [1.807, 2.05) is 52.2 Å². The molecular formula is C21H27N3OS. The van der Waals surface area contributed by atoms with Crippen LogP contribution in [0.4, 0.5) is 0 Å². The van der Waals surface area contributed by atoms with Gasteiger partial charge in [-0.3, -0.25) is 4.98 Å². The molecule has 26 heavy (non-hydrogen) atoms. The number of hydrogen-bond donors (Lipinski definition) is 1. The molecule has 0 amide bonds. The van der Waals surface area contributed by atoms with Crippen molar-refractivity contribution in [2.45, 2.75) is 57.5 Å². The van der Waals surface area contributed by atoms with Crippen LogP contribution in [0.3, 0.4) is 0 Å². The third-order valence-electron chi connectivity index (χ3n) is 4.84. The van der Waals surface area contributed by atoms with Gasteiger partial charge in [-0.05, 0) is 57.7 Å². The maximum Gasteiger partial charge on any atom is 0.129 e. The number of aromatic nitrogens is 1. The second-order valence-corrected chi connectivity index (χ2v) is 8.26. The van der Waals surface area contributed by atoms with Crippen LogP contribution in [0.25, 0.3) is 10.9 Å². The standard InChI is InChI=1S/C21H27N3OS/c1-20(2,3)25-24-18-11-7-8-12-21(18,19(26)22-4)16-13-15-9-5-6-10-17(15)23-14-16/h5-6,9-10,13-14H,7-8,11-12H2,1-4H3,(H,22,26). The lowest BCUT2D eigenvalue weighted by atomic mass is 9.68. The molecule has 138 valence electrons. The highest BCUT2D eigenvalue weighted by molar-refractivity contribution is 7.80. The first-order valence-electron chi connectivity index (χ1n) is 9.20. The van der Waals surface area contributed by atoms with Crippen molar-refractivity contribution in [1.82, 2.24) is 10.3 Å². The lowest BCUT2D eigenvalue weighted by Crippen LogP contribution is -2.50. The van der Waals surface area contributed by atoms with Crippen LogP contribution in [0.5, 0.6) is 0 Å². The summed E-state index contributed by atoms with van der Waals surface area (Å²) < 4.78 is 0. The van der Waals surface area contributed by atoms with Crippen molar-refractivity contribution in [1.29, 1.82) is 0 Å². The van der Waals surface area contributed by atoms with Crippen LogP contribution < -0.4 is 5.32 Å². The molecule has 1 saturated carbocycles. The van der Waals surface area contributed by atoms with Crippen molar-refractivity contribution in [2.75, 3.05) is 7.05 Å². The summed E-state index contributed by atoms with van der Waals surface area (Å²) in [5.41, 5.74) is 2.28. The van der Waals surface area contributed by atoms with E-state index in [0.717, 1.165) is 52.8 Å². The number of nitrogens with one attached hydrogen (secondary N) is 1. The highest BCUT2D eigenvalue weighted by Gasteiger charge is 2.44. The number of para-hydroxylation sites is 1. The van der Waals surface area contributed by atoms with Crippen molar-refractivity contribution < 1.29 is 4.84 Å². The summed E-state index contributed by atoms with van der Waals surface area (Å²) in [4.78, 5) is 11.3. The Hall–Kier alpha value is -2.01. The second kappa shape index (κ2) is 7.31. The number of likely N-dealkylation sites (N-methyl/N-ethyl adjacent to an activating group) is 1. The molecule has 1 fully saturated rings. The molecule has 1 aromatic heterocycles. The van der Waals surface area contributed by atoms with Crippen LogP contribution in [0, 0.1) is 0 Å². The molecule has 0 spiro atoms. The number of rotatable bonds is 3. The number of nitrogens with zero attached hydrogens (tertiary/aromatic N) is 2. The fraction of sp³-hybridized carbons (Fsp3) is 0.476. The van der Waals surface area contributed by atoms with E-state index in [1.54, 1.807) is 0 Å². The quantitative estimate of drug-likeness (QED) is 0.626. The number of benzene rings is 1. The Balaban J connectivity index is 2.15. The third kappa shape index (κ3) is 3.58. The average molecular weight is 370 g/mol. The lowest BCUT2D eigenvalue weighted by molar-refractivity contribution is -0.000592. The topological polar surface area (TPSA) is 46.5 Å². The van der Waals surface area contributed by atoms with Crippen LogP contribution in [-0.2, 0) is 10.3 Å². The molecule has 0 bridgehead atoms. The van der Waals surface area contributed by atoms with Gasteiger partial charge < -0.3 is 10.2 Å². The zero-order valence-corrected chi connectivity index (χ0v) is 16.8. The van der Waals surface area contributed by atoms with Gasteiger partial charge in [-0.25, -0.2) is 0 Å². The van der Waals surface area contributed by atoms with E-state index in [9.17, 15) is 0 Å². The predicted molar refractivity (Wildman–Crippen MR) is 112 cm³/mol. The van der Waals surface area contributed by atoms with E-state index < -0.39 is 5.41 Å². The van der Waals surface area contributed by atoms with Crippen LogP contribution in [-0.4, -0.2) is 28.3 Å². The van der Waals surface area contributed by atoms with Crippen molar-refractivity contribution in [3.63, 3.8) is 0 Å². The molecule has 0 saturated heterocycles. The summed E-state index contributed by atoms with van der Waals surface area (Å²) in [7, 11) is 1.88. The Morgan fingerprint density at radius 1 is 1.27 bits per heavy atom. The minimum absolute atomic E-state index is 0.334. The van der Waals surface area contributed by atoms with Crippen LogP contribution >= 0.6 is 12.2 Å². The van der Waals surface area contributed by atoms with Gasteiger partial charge in [0, 0.05) is 18.6 Å². The zero-order chi connectivity index (χ0) is 18.8. The zero-order valence-electron chi connectivity index (χ0n) is 16.0. The molecule has 1 aliphatic rings. The first kappa shape index (κ1) is 18.8. The van der Waals surface area contributed by atoms with Gasteiger partial charge in [0.05, 0.1) is 21.6 Å². The highest BCUT2D eigenvalue weighted by atomic mass is 32.1. The molecule has 1 atom stereocenters. The Kier molecular flexibility index (Phi) is 5.28. The Bertz CT molecular complexity index is 841. The maximum absolute atomic E-state index is 5.81. The SMILES string of the molecule is CNC(=S)C1(c2cnc3ccccc3c2)CCCCC1=NOC(C)(C)C. The molecule has 1 N–H and O–H groups in total. The Morgan fingerprint density at radius 3 is 2.77 bits per heavy atom. The van der Waals surface area contributed by atoms with Crippen molar-refractivity contribution in [2.24, 2.45) is 5.16 Å². The Morgan fingerprint density at radius 2 is 2.04 bits per heavy atom. The molecule has 1 aromatic carbocycles. The number of hydrogen-bond acceptors (Lipinski definition) is 4. The molecule has 5 heteroatoms. The van der Waals surface area contributed by atoms with E-state index in [1.165, 1.54) is 0 Å². The third-order valence-corrected chi connectivity index (χ3v) is 5.39. The van der Waals surface area contributed by atoms with E-state index in [4.69, 9.17) is 17.1 Å². The number of fused-ring (bicyclic) bond motifs is 1. The maximum atomic E-state index is 5.81. The highest BCUT2D eigenvalue weighted by Crippen LogP contribution is 2.39. The van der Waals surface area contributed by atoms with E-state index >= 15 is 0 Å². The molecular weight excluding hydrogens is 342 g/mol. The summed E-state index contributed by atoms with van der Waals surface area (Å²) in [5, 5.41) is 8.93. The number of thiocarbonyl (C=S) groups is 1. The van der Waals surface area contributed by atoms with E-state index in [0.29, 0.717) is 0 Å². The predicted octanol–water partition coefficient (Wildman–Crippen LogP) is 4.76. The molecule has 1 heterocycles. The van der Waals surface area contributed by atoms with Crippen molar-refractivity contribution in [3.8, 4) is 0 Å². The first-order chi connectivity index (χ1) is 12.4. The van der Waals surface area contributed by atoms with Gasteiger partial charge in [0.15, 0.2) is 0 Å². The fourth-order valence-electron chi connectivity index (χ4n) is 3.56. The molecule has 0 radical (unpaired) electrons. The average Bonchev–Trinajstić information content (AvgIpc) is 2.64. The number of oxime groups is 1. The monoisotopic (exact) mass is 369 g/mol. The summed E-state index contributed by atoms with van der Waals surface area (Å²) in [5.74, 6) is 0. The summed E-state index contributed by atoms with van der Waals surface area (Å²) in [6.45, 7) is 6.03. The fourth-order valence-corrected chi connectivity index (χ4v) is 3.90. The Labute approximate surface area is 161 Å². The largest absolute Gasteiger partial charge is 0.390 e. The van der Waals surface area contributed by atoms with Crippen LogP contribution in [0.1, 0.15) is 52.0 Å². The van der Waals surface area contributed by atoms with Gasteiger partial charge in [0.25, 0.3) is 0 Å². The van der Waals surface area contributed by atoms with E-state index in [-0.39, 0.29) is 5.60 Å². The minimum Gasteiger partial charge on any atom is -0.390 e. The van der Waals surface area contributed by atoms with Gasteiger partial charge in [-0.2, -0.15) is 0 Å². The van der Waals surface area contributed by atoms with Gasteiger partial charge in [0.1, 0.15) is 5.60 Å². The molecule has 3 rings (SSSR count). The van der Waals surface area contributed by atoms with Crippen LogP contribution in [0.15, 0.2) is 41.7 Å². The molecule has 1 aliphatic carbocycles. The smallest absolute Gasteiger partial charge is 0.129 e. The molecule has 0 aliphatic heterocycles. The molecule has 2 aromatic rings. The van der Waals surface area contributed by atoms with Gasteiger partial charge >= 0.3 is 0 Å². The second-order valence-electron chi connectivity index (χ2n) is 7.85. The van der Waals surface area contributed by atoms with Gasteiger partial charge in [0.2, 0.25) is 0 Å². The summed E-state index contributed by atoms with van der Waals surface area (Å²) in [6, 6.07) is 10.4. The van der Waals surface area contributed by atoms with Crippen molar-refractivity contribution in [3.05, 3.63) is 42.1 Å². The van der Waals surface area contributed by atoms with E-state index in [2.05, 4.69) is 27.6 Å². The van der Waals surface area contributed by atoms with Crippen molar-refractivity contribution >= 4 is 33.8 Å². The summed E-state index contributed by atoms with van der Waals surface area (Å²) in [6.07, 6.45) is 5.94. The summed E-state index contributed by atoms with van der Waals surface area (Å²) >= 11 is 5.80. The molecule has 4 nitrogen and oxygen atoms in total. The lowest BCUT2D eigenvalue weighted by Gasteiger charge is -2.39. The minimum atomic E-state index is -0.454. The van der Waals surface area contributed by atoms with Gasteiger partial charge in [-0.1, -0.05) is 42.0 Å². The first-order valence-corrected chi connectivity index (χ1v) is 9.60. The number of pyridine rings is 1. The van der Waals surface area contributed by atoms with Gasteiger partial charge in [-0.15, -0.1) is 0 Å². The van der Waals surface area contributed by atoms with Crippen LogP contribution in [0.2, 0.25) is 0 Å².